The topological polar surface area (TPSA) is 36.9 Å². The van der Waals surface area contributed by atoms with Crippen LogP contribution in [-0.4, -0.2) is 104 Å². The Balaban J connectivity index is 0. The molecule has 0 radical (unpaired) electrons. The fraction of sp³-hybridized carbons (Fsp3) is 1.00. The van der Waals surface area contributed by atoms with Crippen molar-refractivity contribution in [1.29, 1.82) is 0 Å². The molecule has 0 spiro atoms. The second kappa shape index (κ2) is 25.7. The van der Waals surface area contributed by atoms with Crippen molar-refractivity contribution in [3.05, 3.63) is 0 Å². The van der Waals surface area contributed by atoms with Crippen molar-refractivity contribution in [2.24, 2.45) is 0 Å². The molecular formula is C55H125LiO4Si7. The minimum absolute atomic E-state index is 0. The molecule has 0 aliphatic carbocycles. The minimum Gasteiger partial charge on any atom is -0.381 e. The maximum Gasteiger partial charge on any atom is 1.00 e. The van der Waals surface area contributed by atoms with E-state index in [9.17, 15) is 0 Å². The molecule has 4 heterocycles. The molecule has 398 valence electrons. The molecule has 0 N–H and O–H groups in total. The third kappa shape index (κ3) is 15.3. The predicted molar refractivity (Wildman–Crippen MR) is 319 cm³/mol. The van der Waals surface area contributed by atoms with E-state index in [1.807, 2.05) is 0 Å². The van der Waals surface area contributed by atoms with E-state index in [1.54, 1.807) is 0 Å². The van der Waals surface area contributed by atoms with Gasteiger partial charge >= 0.3 is 18.9 Å². The van der Waals surface area contributed by atoms with Crippen LogP contribution >= 0.6 is 0 Å². The van der Waals surface area contributed by atoms with Crippen LogP contribution in [0.2, 0.25) is 86.1 Å². The molecule has 0 aromatic carbocycles. The normalized spacial score (nSPS) is 19.0. The van der Waals surface area contributed by atoms with Crippen molar-refractivity contribution >= 4 is 51.5 Å². The first-order chi connectivity index (χ1) is 29.1. The quantitative estimate of drug-likeness (QED) is 0.249. The molecule has 4 aliphatic heterocycles. The van der Waals surface area contributed by atoms with E-state index in [1.165, 1.54) is 51.4 Å². The van der Waals surface area contributed by atoms with E-state index in [4.69, 9.17) is 18.9 Å². The van der Waals surface area contributed by atoms with Gasteiger partial charge in [0.15, 0.2) is 0 Å². The first kappa shape index (κ1) is 71.0. The Labute approximate surface area is 442 Å². The smallest absolute Gasteiger partial charge is 0.381 e. The van der Waals surface area contributed by atoms with E-state index in [0.29, 0.717) is 40.3 Å². The van der Waals surface area contributed by atoms with Crippen molar-refractivity contribution in [1.82, 2.24) is 0 Å². The van der Waals surface area contributed by atoms with Crippen molar-refractivity contribution in [3.8, 4) is 0 Å². The summed E-state index contributed by atoms with van der Waals surface area (Å²) in [7, 11) is -10.9. The molecule has 0 atom stereocenters. The zero-order valence-corrected chi connectivity index (χ0v) is 59.4. The van der Waals surface area contributed by atoms with Crippen LogP contribution in [0.1, 0.15) is 218 Å². The van der Waals surface area contributed by atoms with Gasteiger partial charge in [0, 0.05) is 75.6 Å². The van der Waals surface area contributed by atoms with Crippen LogP contribution in [0.5, 0.6) is 0 Å². The fourth-order valence-corrected chi connectivity index (χ4v) is 286. The van der Waals surface area contributed by atoms with E-state index in [-0.39, 0.29) is 18.9 Å². The largest absolute Gasteiger partial charge is 1.00 e. The Bertz CT molecular complexity index is 1230. The summed E-state index contributed by atoms with van der Waals surface area (Å²) in [5.41, 5.74) is 0. The van der Waals surface area contributed by atoms with E-state index in [0.717, 1.165) is 52.9 Å². The first-order valence-electron chi connectivity index (χ1n) is 27.3. The van der Waals surface area contributed by atoms with Gasteiger partial charge in [-0.25, -0.2) is 0 Å². The average molecular weight is 1050 g/mol. The summed E-state index contributed by atoms with van der Waals surface area (Å²) in [5, 5.41) is 2.76. The van der Waals surface area contributed by atoms with Gasteiger partial charge in [0.05, 0.1) is 0 Å². The summed E-state index contributed by atoms with van der Waals surface area (Å²) < 4.78 is 19.8. The molecule has 67 heavy (non-hydrogen) atoms. The van der Waals surface area contributed by atoms with Crippen LogP contribution < -0.4 is 18.9 Å². The molecule has 0 aromatic rings. The zero-order valence-electron chi connectivity index (χ0n) is 52.4. The Kier molecular flexibility index (Phi) is 27.2. The predicted octanol–water partition coefficient (Wildman–Crippen LogP) is 15.6. The average Bonchev–Trinajstić information content (AvgIpc) is 3.97. The van der Waals surface area contributed by atoms with Gasteiger partial charge in [-0.15, -0.1) is 20.3 Å². The molecule has 0 saturated carbocycles. The van der Waals surface area contributed by atoms with Gasteiger partial charge in [-0.2, -0.15) is 0 Å². The number of ether oxygens (including phenoxy) is 4. The molecule has 4 nitrogen and oxygen atoms in total. The summed E-state index contributed by atoms with van der Waals surface area (Å²) in [5.74, 6) is 0. The van der Waals surface area contributed by atoms with Gasteiger partial charge in [0.25, 0.3) is 0 Å². The third-order valence-electron chi connectivity index (χ3n) is 20.2. The Morgan fingerprint density at radius 3 is 0.537 bits per heavy atom. The second-order valence-electron chi connectivity index (χ2n) is 30.9. The van der Waals surface area contributed by atoms with Crippen LogP contribution in [0.3, 0.4) is 0 Å². The molecule has 4 aliphatic rings. The van der Waals surface area contributed by atoms with Crippen molar-refractivity contribution in [3.63, 3.8) is 0 Å². The summed E-state index contributed by atoms with van der Waals surface area (Å²) in [6, 6.07) is 0. The van der Waals surface area contributed by atoms with Crippen LogP contribution in [0.25, 0.3) is 0 Å². The monoisotopic (exact) mass is 1050 g/mol. The van der Waals surface area contributed by atoms with Gasteiger partial charge in [-0.05, 0) is 81.6 Å². The molecule has 4 rings (SSSR count). The van der Waals surface area contributed by atoms with Crippen molar-refractivity contribution < 1.29 is 37.8 Å². The molecule has 0 amide bonds. The summed E-state index contributed by atoms with van der Waals surface area (Å²) in [4.78, 5) is 0. The van der Waals surface area contributed by atoms with Gasteiger partial charge in [-0.1, -0.05) is 223 Å². The molecule has 0 aromatic heterocycles. The zero-order chi connectivity index (χ0) is 52.7. The number of hydrogen-bond acceptors (Lipinski definition) is 4. The fourth-order valence-electron chi connectivity index (χ4n) is 15.2. The molecule has 0 bridgehead atoms. The van der Waals surface area contributed by atoms with Gasteiger partial charge in [0.2, 0.25) is 0 Å². The standard InChI is InChI=1S/C39H93Si7.4C4H8O.Li/c1-32(2,3)42(27,33(4,5)6)40(41(25,26)43(28,34(7,8)9)35(10,11)12)46(31,44(29,36(13,14)15)37(16,17)18)45(30,38(19,20)21)39(22,23)24;4*1-2-4-5-3-1;/h1-31H3;4*1-4H2;/q-1;;;;;+1. The van der Waals surface area contributed by atoms with Crippen LogP contribution in [0.4, 0.5) is 0 Å². The molecular weight excluding hydrogens is 928 g/mol. The Morgan fingerprint density at radius 1 is 0.269 bits per heavy atom. The van der Waals surface area contributed by atoms with Gasteiger partial charge in [-0.3, -0.25) is 7.35 Å². The van der Waals surface area contributed by atoms with Crippen LogP contribution in [0.15, 0.2) is 0 Å². The SMILES string of the molecule is C1CCOC1.C1CCOC1.C1CCOC1.C1CCOC1.CC(C)(C)[Si](C)([Si-]([Si](C)(C)[Si](C)(C(C)(C)C)C(C)(C)C)[Si](C)([Si](C)(C(C)(C)C)C(C)(C)C)[Si](C)(C(C)(C)C)C(C)(C)C)C(C)(C)C.[Li+]. The van der Waals surface area contributed by atoms with Gasteiger partial charge in [0.1, 0.15) is 0 Å². The minimum atomic E-state index is -2.15. The van der Waals surface area contributed by atoms with Crippen LogP contribution in [0, 0.1) is 0 Å². The second-order valence-corrected chi connectivity index (χ2v) is 102. The maximum atomic E-state index is 4.94. The van der Waals surface area contributed by atoms with Crippen molar-refractivity contribution in [2.45, 2.75) is 304 Å². The maximum absolute atomic E-state index is 4.94. The molecule has 12 heteroatoms. The molecule has 0 unspecified atom stereocenters. The van der Waals surface area contributed by atoms with Crippen LogP contribution in [-0.2, 0) is 18.9 Å². The van der Waals surface area contributed by atoms with E-state index < -0.39 is 51.5 Å². The number of hydrogen-bond donors (Lipinski definition) is 0. The summed E-state index contributed by atoms with van der Waals surface area (Å²) in [6.07, 6.45) is 10.2. The number of rotatable bonds is 6. The molecule has 4 saturated heterocycles. The van der Waals surface area contributed by atoms with E-state index >= 15 is 0 Å². The van der Waals surface area contributed by atoms with Crippen molar-refractivity contribution in [2.75, 3.05) is 52.9 Å². The Hall–Kier alpha value is 1.96. The van der Waals surface area contributed by atoms with Gasteiger partial charge < -0.3 is 18.9 Å². The summed E-state index contributed by atoms with van der Waals surface area (Å²) >= 11 is 0. The molecule has 4 fully saturated rings. The van der Waals surface area contributed by atoms with E-state index in [2.05, 4.69) is 212 Å². The third-order valence-corrected chi connectivity index (χ3v) is 173. The first-order valence-corrected chi connectivity index (χ1v) is 50.3. The Morgan fingerprint density at radius 2 is 0.433 bits per heavy atom. The summed E-state index contributed by atoms with van der Waals surface area (Å²) in [6.45, 7) is 93.2.